The largest absolute Gasteiger partial charge is 0.426 e. The Labute approximate surface area is 187 Å². The van der Waals surface area contributed by atoms with Crippen molar-refractivity contribution in [2.75, 3.05) is 13.2 Å². The van der Waals surface area contributed by atoms with E-state index in [0.29, 0.717) is 12.0 Å². The van der Waals surface area contributed by atoms with E-state index in [0.717, 1.165) is 0 Å². The number of nitrogens with two attached hydrogens (primary N) is 1. The number of ether oxygens (including phenoxy) is 2. The Balaban J connectivity index is 2.13. The summed E-state index contributed by atoms with van der Waals surface area (Å²) in [6, 6.07) is 5.60. The standard InChI is InChI=1S/C20H30N3O8P/c1-4-17(30-13(3)11-29-32(27)28)23-10-16(19(25)22-20(23)26)14-6-5-7-15(9-14)31-18(24)8-12(2)21/h5-7,9,12-13,16-17,32H,4,8,10-11,21H2,1-3H3,(H,27,28)(H,22,25,26)/t12-,13+,16?,17?/m1/s1. The first-order chi connectivity index (χ1) is 15.1. The highest BCUT2D eigenvalue weighted by molar-refractivity contribution is 7.32. The smallest absolute Gasteiger partial charge is 0.326 e. The van der Waals surface area contributed by atoms with Crippen molar-refractivity contribution in [3.8, 4) is 5.75 Å². The number of nitrogens with zero attached hydrogens (tertiary/aromatic N) is 1. The minimum Gasteiger partial charge on any atom is -0.426 e. The minimum atomic E-state index is -3.09. The van der Waals surface area contributed by atoms with Crippen molar-refractivity contribution in [3.63, 3.8) is 0 Å². The molecule has 0 bridgehead atoms. The molecular formula is C20H30N3O8P. The Hall–Kier alpha value is -2.30. The molecule has 4 N–H and O–H groups in total. The second-order valence-electron chi connectivity index (χ2n) is 7.61. The van der Waals surface area contributed by atoms with Crippen molar-refractivity contribution in [3.05, 3.63) is 29.8 Å². The molecule has 5 atom stereocenters. The van der Waals surface area contributed by atoms with E-state index >= 15 is 0 Å². The highest BCUT2D eigenvalue weighted by atomic mass is 31.1. The van der Waals surface area contributed by atoms with Crippen LogP contribution in [0.4, 0.5) is 4.79 Å². The highest BCUT2D eigenvalue weighted by Crippen LogP contribution is 2.27. The molecule has 12 heteroatoms. The molecule has 1 aliphatic rings. The summed E-state index contributed by atoms with van der Waals surface area (Å²) in [6.45, 7) is 5.09. The monoisotopic (exact) mass is 471 g/mol. The fraction of sp³-hybridized carbons (Fsp3) is 0.550. The molecule has 178 valence electrons. The third-order valence-corrected chi connectivity index (χ3v) is 5.11. The van der Waals surface area contributed by atoms with Gasteiger partial charge in [0.05, 0.1) is 25.0 Å². The van der Waals surface area contributed by atoms with Gasteiger partial charge in [-0.25, -0.2) is 4.79 Å². The molecule has 0 aromatic heterocycles. The van der Waals surface area contributed by atoms with Crippen LogP contribution in [0.1, 0.15) is 45.1 Å². The van der Waals surface area contributed by atoms with Crippen molar-refractivity contribution in [2.45, 2.75) is 57.9 Å². The SMILES string of the molecule is CCC(O[C@@H](C)CO[PH](=O)O)N1CC(c2cccc(OC(=O)C[C@@H](C)N)c2)C(=O)NC1=O. The van der Waals surface area contributed by atoms with Gasteiger partial charge < -0.3 is 24.6 Å². The van der Waals surface area contributed by atoms with Crippen LogP contribution in [0.25, 0.3) is 0 Å². The molecule has 0 saturated carbocycles. The second kappa shape index (κ2) is 12.1. The lowest BCUT2D eigenvalue weighted by atomic mass is 9.95. The first-order valence-corrected chi connectivity index (χ1v) is 11.6. The number of benzene rings is 1. The minimum absolute atomic E-state index is 0.0462. The third kappa shape index (κ3) is 7.68. The van der Waals surface area contributed by atoms with Crippen molar-refractivity contribution < 1.29 is 37.8 Å². The van der Waals surface area contributed by atoms with Crippen LogP contribution >= 0.6 is 8.25 Å². The average Bonchev–Trinajstić information content (AvgIpc) is 2.70. The Bertz CT molecular complexity index is 850. The van der Waals surface area contributed by atoms with Crippen molar-refractivity contribution in [1.82, 2.24) is 10.2 Å². The van der Waals surface area contributed by atoms with E-state index in [4.69, 9.17) is 24.6 Å². The van der Waals surface area contributed by atoms with Crippen molar-refractivity contribution >= 4 is 26.2 Å². The number of hydrogen-bond acceptors (Lipinski definition) is 8. The molecule has 11 nitrogen and oxygen atoms in total. The maximum Gasteiger partial charge on any atom is 0.326 e. The Morgan fingerprint density at radius 3 is 2.72 bits per heavy atom. The lowest BCUT2D eigenvalue weighted by Crippen LogP contribution is -2.57. The Kier molecular flexibility index (Phi) is 9.80. The molecule has 3 amide bonds. The zero-order valence-corrected chi connectivity index (χ0v) is 19.3. The van der Waals surface area contributed by atoms with E-state index in [1.165, 1.54) is 4.90 Å². The zero-order chi connectivity index (χ0) is 23.8. The van der Waals surface area contributed by atoms with E-state index in [1.54, 1.807) is 38.1 Å². The second-order valence-corrected chi connectivity index (χ2v) is 8.43. The maximum absolute atomic E-state index is 12.5. The molecule has 1 heterocycles. The van der Waals surface area contributed by atoms with Crippen LogP contribution in [0.2, 0.25) is 0 Å². The highest BCUT2D eigenvalue weighted by Gasteiger charge is 2.37. The van der Waals surface area contributed by atoms with Gasteiger partial charge in [0, 0.05) is 12.6 Å². The lowest BCUT2D eigenvalue weighted by Gasteiger charge is -2.38. The third-order valence-electron chi connectivity index (χ3n) is 4.70. The van der Waals surface area contributed by atoms with Crippen LogP contribution in [0.3, 0.4) is 0 Å². The summed E-state index contributed by atoms with van der Waals surface area (Å²) in [5.41, 5.74) is 6.18. The number of esters is 1. The van der Waals surface area contributed by atoms with Crippen molar-refractivity contribution in [2.24, 2.45) is 5.73 Å². The average molecular weight is 471 g/mol. The van der Waals surface area contributed by atoms with Gasteiger partial charge in [0.1, 0.15) is 12.0 Å². The Morgan fingerprint density at radius 2 is 2.09 bits per heavy atom. The fourth-order valence-corrected chi connectivity index (χ4v) is 3.63. The molecule has 1 saturated heterocycles. The quantitative estimate of drug-likeness (QED) is 0.247. The molecule has 0 aliphatic carbocycles. The predicted molar refractivity (Wildman–Crippen MR) is 115 cm³/mol. The number of rotatable bonds is 11. The predicted octanol–water partition coefficient (Wildman–Crippen LogP) is 1.50. The topological polar surface area (TPSA) is 157 Å². The van der Waals surface area contributed by atoms with Crippen LogP contribution in [0, 0.1) is 0 Å². The van der Waals surface area contributed by atoms with Gasteiger partial charge in [0.2, 0.25) is 5.91 Å². The van der Waals surface area contributed by atoms with E-state index in [1.807, 2.05) is 6.92 Å². The van der Waals surface area contributed by atoms with Gasteiger partial charge >= 0.3 is 20.3 Å². The number of urea groups is 1. The molecule has 1 aromatic carbocycles. The first-order valence-electron chi connectivity index (χ1n) is 10.3. The summed E-state index contributed by atoms with van der Waals surface area (Å²) >= 11 is 0. The Morgan fingerprint density at radius 1 is 1.38 bits per heavy atom. The molecule has 1 fully saturated rings. The van der Waals surface area contributed by atoms with Gasteiger partial charge in [0.25, 0.3) is 0 Å². The summed E-state index contributed by atoms with van der Waals surface area (Å²) < 4.78 is 26.5. The molecule has 0 radical (unpaired) electrons. The van der Waals surface area contributed by atoms with Crippen LogP contribution in [0.5, 0.6) is 5.75 Å². The molecule has 1 aromatic rings. The molecule has 32 heavy (non-hydrogen) atoms. The van der Waals surface area contributed by atoms with E-state index in [9.17, 15) is 18.9 Å². The number of nitrogens with one attached hydrogen (secondary N) is 1. The molecular weight excluding hydrogens is 441 g/mol. The molecule has 1 aliphatic heterocycles. The van der Waals surface area contributed by atoms with Gasteiger partial charge in [0.15, 0.2) is 0 Å². The van der Waals surface area contributed by atoms with Gasteiger partial charge in [-0.1, -0.05) is 19.1 Å². The molecule has 2 rings (SSSR count). The summed E-state index contributed by atoms with van der Waals surface area (Å²) in [5, 5.41) is 2.33. The van der Waals surface area contributed by atoms with Crippen LogP contribution in [0.15, 0.2) is 24.3 Å². The maximum atomic E-state index is 12.5. The summed E-state index contributed by atoms with van der Waals surface area (Å²) in [7, 11) is -3.09. The number of amides is 3. The van der Waals surface area contributed by atoms with Gasteiger partial charge in [-0.05, 0) is 38.0 Å². The lowest BCUT2D eigenvalue weighted by molar-refractivity contribution is -0.134. The van der Waals surface area contributed by atoms with E-state index in [2.05, 4.69) is 5.32 Å². The number of imide groups is 1. The van der Waals surface area contributed by atoms with Crippen molar-refractivity contribution in [1.29, 1.82) is 0 Å². The summed E-state index contributed by atoms with van der Waals surface area (Å²) in [6.07, 6.45) is -0.768. The summed E-state index contributed by atoms with van der Waals surface area (Å²) in [5.74, 6) is -1.39. The number of carbonyl (C=O) groups excluding carboxylic acids is 3. The van der Waals surface area contributed by atoms with Gasteiger partial charge in [-0.2, -0.15) is 0 Å². The van der Waals surface area contributed by atoms with Gasteiger partial charge in [-0.3, -0.25) is 24.4 Å². The van der Waals surface area contributed by atoms with E-state index in [-0.39, 0.29) is 31.4 Å². The summed E-state index contributed by atoms with van der Waals surface area (Å²) in [4.78, 5) is 47.1. The van der Waals surface area contributed by atoms with E-state index < -0.39 is 44.4 Å². The van der Waals surface area contributed by atoms with Crippen LogP contribution in [-0.4, -0.2) is 59.2 Å². The molecule has 3 unspecified atom stereocenters. The molecule has 0 spiro atoms. The zero-order valence-electron chi connectivity index (χ0n) is 18.3. The van der Waals surface area contributed by atoms with Gasteiger partial charge in [-0.15, -0.1) is 0 Å². The fourth-order valence-electron chi connectivity index (χ4n) is 3.25. The number of hydrogen-bond donors (Lipinski definition) is 3. The van der Waals surface area contributed by atoms with Crippen LogP contribution in [-0.2, 0) is 23.4 Å². The number of carbonyl (C=O) groups is 3. The first kappa shape index (κ1) is 26.0. The normalized spacial score (nSPS) is 20.3. The van der Waals surface area contributed by atoms with Crippen LogP contribution < -0.4 is 15.8 Å².